The molecular weight excluding hydrogens is 256 g/mol. The van der Waals surface area contributed by atoms with Crippen LogP contribution in [0.15, 0.2) is 67.4 Å². The summed E-state index contributed by atoms with van der Waals surface area (Å²) in [5.41, 5.74) is 7.78. The second kappa shape index (κ2) is 7.33. The lowest BCUT2D eigenvalue weighted by atomic mass is 9.98. The van der Waals surface area contributed by atoms with Crippen LogP contribution in [-0.2, 0) is 6.42 Å². The molecule has 0 unspecified atom stereocenters. The fraction of sp³-hybridized carbons (Fsp3) is 0.150. The summed E-state index contributed by atoms with van der Waals surface area (Å²) in [6.07, 6.45) is 3.73. The van der Waals surface area contributed by atoms with E-state index in [4.69, 9.17) is 4.74 Å². The summed E-state index contributed by atoms with van der Waals surface area (Å²) < 4.78 is 5.17. The molecule has 2 aromatic carbocycles. The van der Waals surface area contributed by atoms with Crippen LogP contribution in [0.2, 0.25) is 0 Å². The Bertz CT molecular complexity index is 641. The molecule has 0 aliphatic carbocycles. The molecule has 0 fully saturated rings. The fourth-order valence-corrected chi connectivity index (χ4v) is 2.22. The minimum Gasteiger partial charge on any atom is -0.497 e. The van der Waals surface area contributed by atoms with E-state index in [1.54, 1.807) is 7.11 Å². The normalized spacial score (nSPS) is 9.76. The van der Waals surface area contributed by atoms with E-state index < -0.39 is 0 Å². The summed E-state index contributed by atoms with van der Waals surface area (Å²) in [5.74, 6) is 0.887. The number of hydrogen-bond donors (Lipinski definition) is 0. The van der Waals surface area contributed by atoms with Crippen LogP contribution in [0.1, 0.15) is 23.1 Å². The van der Waals surface area contributed by atoms with Crippen LogP contribution in [0.4, 0.5) is 0 Å². The van der Waals surface area contributed by atoms with Crippen LogP contribution in [0.3, 0.4) is 0 Å². The van der Waals surface area contributed by atoms with Crippen LogP contribution >= 0.6 is 0 Å². The fourth-order valence-electron chi connectivity index (χ4n) is 2.22. The Morgan fingerprint density at radius 1 is 1.10 bits per heavy atom. The lowest BCUT2D eigenvalue weighted by Gasteiger charge is -2.07. The summed E-state index contributed by atoms with van der Waals surface area (Å²) in [6, 6.07) is 16.5. The van der Waals surface area contributed by atoms with Crippen molar-refractivity contribution in [2.24, 2.45) is 0 Å². The van der Waals surface area contributed by atoms with E-state index in [0.717, 1.165) is 29.7 Å². The van der Waals surface area contributed by atoms with E-state index in [9.17, 15) is 0 Å². The molecule has 1 heteroatoms. The van der Waals surface area contributed by atoms with Crippen molar-refractivity contribution < 1.29 is 4.74 Å². The number of ether oxygens (including phenoxy) is 1. The third-order valence-corrected chi connectivity index (χ3v) is 3.53. The number of aryl methyl sites for hydroxylation is 1. The molecule has 0 bridgehead atoms. The third kappa shape index (κ3) is 3.98. The van der Waals surface area contributed by atoms with Crippen LogP contribution in [0.25, 0.3) is 11.6 Å². The topological polar surface area (TPSA) is 9.23 Å². The first kappa shape index (κ1) is 14.9. The zero-order valence-electron chi connectivity index (χ0n) is 12.4. The SMILES string of the molecule is C=C=C(CCc1ccc(OC)cc1)c1ccc(C=C)cc1. The Hall–Kier alpha value is -2.50. The minimum absolute atomic E-state index is 0.887. The first-order valence-corrected chi connectivity index (χ1v) is 7.01. The van der Waals surface area contributed by atoms with E-state index in [1.165, 1.54) is 11.1 Å². The highest BCUT2D eigenvalue weighted by Gasteiger charge is 2.02. The van der Waals surface area contributed by atoms with E-state index in [2.05, 4.69) is 55.3 Å². The maximum atomic E-state index is 5.17. The van der Waals surface area contributed by atoms with Crippen molar-refractivity contribution in [3.63, 3.8) is 0 Å². The number of rotatable bonds is 6. The molecule has 21 heavy (non-hydrogen) atoms. The summed E-state index contributed by atoms with van der Waals surface area (Å²) in [6.45, 7) is 7.59. The summed E-state index contributed by atoms with van der Waals surface area (Å²) in [7, 11) is 1.68. The summed E-state index contributed by atoms with van der Waals surface area (Å²) in [4.78, 5) is 0. The highest BCUT2D eigenvalue weighted by Crippen LogP contribution is 2.21. The summed E-state index contributed by atoms with van der Waals surface area (Å²) >= 11 is 0. The Morgan fingerprint density at radius 3 is 2.29 bits per heavy atom. The van der Waals surface area contributed by atoms with Crippen LogP contribution < -0.4 is 4.74 Å². The molecule has 0 atom stereocenters. The quantitative estimate of drug-likeness (QED) is 0.664. The lowest BCUT2D eigenvalue weighted by molar-refractivity contribution is 0.414. The molecule has 0 radical (unpaired) electrons. The van der Waals surface area contributed by atoms with E-state index in [1.807, 2.05) is 18.2 Å². The number of benzene rings is 2. The number of hydrogen-bond acceptors (Lipinski definition) is 1. The predicted molar refractivity (Wildman–Crippen MR) is 90.4 cm³/mol. The van der Waals surface area contributed by atoms with Gasteiger partial charge < -0.3 is 4.74 Å². The van der Waals surface area contributed by atoms with Crippen LogP contribution in [-0.4, -0.2) is 7.11 Å². The van der Waals surface area contributed by atoms with Crippen molar-refractivity contribution in [2.45, 2.75) is 12.8 Å². The first-order valence-electron chi connectivity index (χ1n) is 7.01. The summed E-state index contributed by atoms with van der Waals surface area (Å²) in [5, 5.41) is 0. The molecule has 0 aliphatic heterocycles. The predicted octanol–water partition coefficient (Wildman–Crippen LogP) is 5.14. The second-order valence-electron chi connectivity index (χ2n) is 4.83. The largest absolute Gasteiger partial charge is 0.497 e. The highest BCUT2D eigenvalue weighted by atomic mass is 16.5. The van der Waals surface area contributed by atoms with Gasteiger partial charge in [-0.05, 0) is 41.7 Å². The van der Waals surface area contributed by atoms with Crippen molar-refractivity contribution in [3.05, 3.63) is 84.1 Å². The monoisotopic (exact) mass is 276 g/mol. The Kier molecular flexibility index (Phi) is 5.20. The molecule has 0 saturated heterocycles. The van der Waals surface area contributed by atoms with Crippen molar-refractivity contribution in [1.29, 1.82) is 0 Å². The van der Waals surface area contributed by atoms with Gasteiger partial charge in [-0.2, -0.15) is 0 Å². The molecule has 0 N–H and O–H groups in total. The average Bonchev–Trinajstić information content (AvgIpc) is 2.56. The molecule has 106 valence electrons. The maximum Gasteiger partial charge on any atom is 0.118 e. The minimum atomic E-state index is 0.887. The van der Waals surface area contributed by atoms with Gasteiger partial charge in [0.1, 0.15) is 5.75 Å². The van der Waals surface area contributed by atoms with Crippen molar-refractivity contribution in [2.75, 3.05) is 7.11 Å². The van der Waals surface area contributed by atoms with Gasteiger partial charge in [0.2, 0.25) is 0 Å². The van der Waals surface area contributed by atoms with E-state index in [-0.39, 0.29) is 0 Å². The van der Waals surface area contributed by atoms with Gasteiger partial charge >= 0.3 is 0 Å². The molecule has 1 nitrogen and oxygen atoms in total. The van der Waals surface area contributed by atoms with Gasteiger partial charge in [0.25, 0.3) is 0 Å². The molecule has 0 aliphatic rings. The second-order valence-corrected chi connectivity index (χ2v) is 4.83. The van der Waals surface area contributed by atoms with Crippen LogP contribution in [0.5, 0.6) is 5.75 Å². The van der Waals surface area contributed by atoms with Crippen molar-refractivity contribution >= 4 is 11.6 Å². The molecular formula is C20H20O. The molecule has 0 spiro atoms. The number of allylic oxidation sites excluding steroid dienone is 1. The van der Waals surface area contributed by atoms with Crippen molar-refractivity contribution in [1.82, 2.24) is 0 Å². The van der Waals surface area contributed by atoms with Gasteiger partial charge in [-0.15, -0.1) is 5.73 Å². The maximum absolute atomic E-state index is 5.17. The van der Waals surface area contributed by atoms with Gasteiger partial charge in [-0.1, -0.05) is 55.6 Å². The highest BCUT2D eigenvalue weighted by molar-refractivity contribution is 5.66. The first-order chi connectivity index (χ1) is 10.3. The molecule has 0 amide bonds. The van der Waals surface area contributed by atoms with Gasteiger partial charge in [0.15, 0.2) is 0 Å². The van der Waals surface area contributed by atoms with Gasteiger partial charge in [0.05, 0.1) is 7.11 Å². The van der Waals surface area contributed by atoms with Crippen molar-refractivity contribution in [3.8, 4) is 5.75 Å². The van der Waals surface area contributed by atoms with Gasteiger partial charge in [-0.3, -0.25) is 0 Å². The zero-order valence-corrected chi connectivity index (χ0v) is 12.4. The standard InChI is InChI=1S/C20H20O/c1-4-16-6-12-19(13-7-16)18(5-2)11-8-17-9-14-20(21-3)15-10-17/h4,6-7,9-10,12-15H,1-2,8,11H2,3H3. The number of methoxy groups -OCH3 is 1. The molecule has 0 aromatic heterocycles. The Balaban J connectivity index is 2.04. The van der Waals surface area contributed by atoms with E-state index >= 15 is 0 Å². The van der Waals surface area contributed by atoms with E-state index in [0.29, 0.717) is 0 Å². The third-order valence-electron chi connectivity index (χ3n) is 3.53. The average molecular weight is 276 g/mol. The smallest absolute Gasteiger partial charge is 0.118 e. The Morgan fingerprint density at radius 2 is 1.76 bits per heavy atom. The molecule has 2 rings (SSSR count). The zero-order chi connectivity index (χ0) is 15.1. The molecule has 0 saturated carbocycles. The van der Waals surface area contributed by atoms with Gasteiger partial charge in [-0.25, -0.2) is 0 Å². The van der Waals surface area contributed by atoms with Crippen LogP contribution in [0, 0.1) is 0 Å². The molecule has 0 heterocycles. The van der Waals surface area contributed by atoms with Gasteiger partial charge in [0, 0.05) is 5.57 Å². The Labute approximate surface area is 126 Å². The molecule has 2 aromatic rings. The lowest BCUT2D eigenvalue weighted by Crippen LogP contribution is -1.90.